The Morgan fingerprint density at radius 3 is 2.45 bits per heavy atom. The van der Waals surface area contributed by atoms with Crippen LogP contribution in [0.5, 0.6) is 0 Å². The first-order chi connectivity index (χ1) is 5.14. The minimum absolute atomic E-state index is 0.267. The van der Waals surface area contributed by atoms with E-state index in [1.807, 2.05) is 0 Å². The van der Waals surface area contributed by atoms with Gasteiger partial charge < -0.3 is 16.6 Å². The van der Waals surface area contributed by atoms with Crippen LogP contribution in [0.2, 0.25) is 0 Å². The summed E-state index contributed by atoms with van der Waals surface area (Å²) in [5.74, 6) is 0. The number of hydrogen-bond acceptors (Lipinski definition) is 3. The lowest BCUT2D eigenvalue weighted by Gasteiger charge is -2.30. The van der Waals surface area contributed by atoms with Crippen molar-refractivity contribution in [1.29, 1.82) is 0 Å². The van der Waals surface area contributed by atoms with Crippen LogP contribution in [0.4, 0.5) is 0 Å². The van der Waals surface area contributed by atoms with Crippen molar-refractivity contribution in [3.63, 3.8) is 0 Å². The fourth-order valence-electron chi connectivity index (χ4n) is 1.37. The van der Waals surface area contributed by atoms with Crippen LogP contribution in [0.1, 0.15) is 25.7 Å². The fraction of sp³-hybridized carbons (Fsp3) is 0.857. The summed E-state index contributed by atoms with van der Waals surface area (Å²) in [5, 5.41) is 9.36. The number of rotatable bonds is 1. The minimum atomic E-state index is -0.958. The Hall–Kier alpha value is -0.610. The lowest BCUT2D eigenvalue weighted by atomic mass is 9.89. The van der Waals surface area contributed by atoms with Crippen molar-refractivity contribution in [2.75, 3.05) is 0 Å². The maximum absolute atomic E-state index is 9.36. The Bertz CT molecular complexity index is 146. The Morgan fingerprint density at radius 2 is 2.00 bits per heavy atom. The lowest BCUT2D eigenvalue weighted by molar-refractivity contribution is 0.00615. The molecule has 0 aliphatic heterocycles. The van der Waals surface area contributed by atoms with Crippen LogP contribution in [-0.4, -0.2) is 23.2 Å². The van der Waals surface area contributed by atoms with Gasteiger partial charge in [0.15, 0.2) is 0 Å². The van der Waals surface area contributed by atoms with Gasteiger partial charge in [0.1, 0.15) is 5.72 Å². The second-order valence-corrected chi connectivity index (χ2v) is 3.13. The zero-order valence-corrected chi connectivity index (χ0v) is 6.53. The molecule has 64 valence electrons. The van der Waals surface area contributed by atoms with Crippen molar-refractivity contribution >= 4 is 6.34 Å². The maximum atomic E-state index is 9.36. The van der Waals surface area contributed by atoms with Crippen LogP contribution >= 0.6 is 0 Å². The van der Waals surface area contributed by atoms with Gasteiger partial charge in [-0.25, -0.2) is 0 Å². The first-order valence-electron chi connectivity index (χ1n) is 3.89. The highest BCUT2D eigenvalue weighted by molar-refractivity contribution is 5.51. The molecule has 0 spiro atoms. The zero-order chi connectivity index (χ0) is 8.32. The molecule has 0 amide bonds. The third-order valence-electron chi connectivity index (χ3n) is 2.12. The number of aliphatic hydroxyl groups is 1. The molecule has 0 heterocycles. The molecule has 1 aliphatic carbocycles. The Morgan fingerprint density at radius 1 is 1.45 bits per heavy atom. The van der Waals surface area contributed by atoms with E-state index in [1.165, 1.54) is 6.34 Å². The molecule has 4 heteroatoms. The molecular formula is C7H15N3O. The van der Waals surface area contributed by atoms with E-state index in [9.17, 15) is 5.11 Å². The molecular weight excluding hydrogens is 142 g/mol. The SMILES string of the molecule is NC=NC1CCC(N)(O)CC1. The van der Waals surface area contributed by atoms with Gasteiger partial charge in [-0.15, -0.1) is 0 Å². The molecule has 0 atom stereocenters. The van der Waals surface area contributed by atoms with Crippen LogP contribution < -0.4 is 11.5 Å². The molecule has 1 rings (SSSR count). The molecule has 1 saturated carbocycles. The molecule has 0 unspecified atom stereocenters. The summed E-state index contributed by atoms with van der Waals surface area (Å²) in [6, 6.07) is 0.267. The average molecular weight is 157 g/mol. The first kappa shape index (κ1) is 8.49. The fourth-order valence-corrected chi connectivity index (χ4v) is 1.37. The summed E-state index contributed by atoms with van der Waals surface area (Å²) in [4.78, 5) is 4.04. The van der Waals surface area contributed by atoms with Crippen LogP contribution in [0.15, 0.2) is 4.99 Å². The summed E-state index contributed by atoms with van der Waals surface area (Å²) in [6.45, 7) is 0. The zero-order valence-electron chi connectivity index (χ0n) is 6.53. The van der Waals surface area contributed by atoms with Crippen molar-refractivity contribution in [3.05, 3.63) is 0 Å². The standard InChI is InChI=1S/C7H15N3O/c8-5-10-6-1-3-7(9,11)4-2-6/h5-6,11H,1-4,9H2,(H2,8,10). The van der Waals surface area contributed by atoms with Gasteiger partial charge >= 0.3 is 0 Å². The van der Waals surface area contributed by atoms with Crippen LogP contribution in [0, 0.1) is 0 Å². The van der Waals surface area contributed by atoms with Gasteiger partial charge in [-0.1, -0.05) is 0 Å². The van der Waals surface area contributed by atoms with Crippen LogP contribution in [-0.2, 0) is 0 Å². The molecule has 0 bridgehead atoms. The molecule has 1 fully saturated rings. The van der Waals surface area contributed by atoms with E-state index in [2.05, 4.69) is 4.99 Å². The minimum Gasteiger partial charge on any atom is -0.390 e. The molecule has 0 aromatic rings. The van der Waals surface area contributed by atoms with E-state index in [0.717, 1.165) is 12.8 Å². The highest BCUT2D eigenvalue weighted by Crippen LogP contribution is 2.25. The van der Waals surface area contributed by atoms with E-state index < -0.39 is 5.72 Å². The van der Waals surface area contributed by atoms with Crippen molar-refractivity contribution < 1.29 is 5.11 Å². The van der Waals surface area contributed by atoms with E-state index >= 15 is 0 Å². The molecule has 0 saturated heterocycles. The molecule has 0 radical (unpaired) electrons. The summed E-state index contributed by atoms with van der Waals surface area (Å²) < 4.78 is 0. The Labute approximate surface area is 66.3 Å². The van der Waals surface area contributed by atoms with Crippen molar-refractivity contribution in [2.24, 2.45) is 16.5 Å². The topological polar surface area (TPSA) is 84.6 Å². The predicted molar refractivity (Wildman–Crippen MR) is 44.1 cm³/mol. The van der Waals surface area contributed by atoms with E-state index in [4.69, 9.17) is 11.5 Å². The molecule has 5 N–H and O–H groups in total. The Balaban J connectivity index is 2.36. The second kappa shape index (κ2) is 3.19. The lowest BCUT2D eigenvalue weighted by Crippen LogP contribution is -2.43. The number of nitrogens with zero attached hydrogens (tertiary/aromatic N) is 1. The normalized spacial score (nSPS) is 39.6. The van der Waals surface area contributed by atoms with E-state index in [-0.39, 0.29) is 6.04 Å². The van der Waals surface area contributed by atoms with Gasteiger partial charge in [0.05, 0.1) is 12.4 Å². The van der Waals surface area contributed by atoms with Gasteiger partial charge in [0.25, 0.3) is 0 Å². The number of aliphatic imine (C=N–C) groups is 1. The molecule has 4 nitrogen and oxygen atoms in total. The monoisotopic (exact) mass is 157 g/mol. The summed E-state index contributed by atoms with van der Waals surface area (Å²) in [5.41, 5.74) is 9.69. The van der Waals surface area contributed by atoms with Gasteiger partial charge in [0, 0.05) is 0 Å². The first-order valence-corrected chi connectivity index (χ1v) is 3.89. The third-order valence-corrected chi connectivity index (χ3v) is 2.12. The summed E-state index contributed by atoms with van der Waals surface area (Å²) in [7, 11) is 0. The largest absolute Gasteiger partial charge is 0.390 e. The predicted octanol–water partition coefficient (Wildman–Crippen LogP) is -0.437. The smallest absolute Gasteiger partial charge is 0.113 e. The van der Waals surface area contributed by atoms with Crippen molar-refractivity contribution in [3.8, 4) is 0 Å². The van der Waals surface area contributed by atoms with Gasteiger partial charge in [-0.3, -0.25) is 4.99 Å². The molecule has 0 aromatic carbocycles. The second-order valence-electron chi connectivity index (χ2n) is 3.13. The van der Waals surface area contributed by atoms with Gasteiger partial charge in [0.2, 0.25) is 0 Å². The molecule has 1 aliphatic rings. The highest BCUT2D eigenvalue weighted by atomic mass is 16.3. The van der Waals surface area contributed by atoms with Gasteiger partial charge in [-0.2, -0.15) is 0 Å². The van der Waals surface area contributed by atoms with E-state index in [1.54, 1.807) is 0 Å². The third kappa shape index (κ3) is 2.48. The molecule has 0 aromatic heterocycles. The van der Waals surface area contributed by atoms with Crippen LogP contribution in [0.3, 0.4) is 0 Å². The summed E-state index contributed by atoms with van der Waals surface area (Å²) >= 11 is 0. The number of hydrogen-bond donors (Lipinski definition) is 3. The van der Waals surface area contributed by atoms with Crippen molar-refractivity contribution in [1.82, 2.24) is 0 Å². The van der Waals surface area contributed by atoms with Gasteiger partial charge in [-0.05, 0) is 25.7 Å². The number of nitrogens with two attached hydrogens (primary N) is 2. The summed E-state index contributed by atoms with van der Waals surface area (Å²) in [6.07, 6.45) is 4.23. The van der Waals surface area contributed by atoms with Crippen LogP contribution in [0.25, 0.3) is 0 Å². The van der Waals surface area contributed by atoms with Crippen molar-refractivity contribution in [2.45, 2.75) is 37.5 Å². The van der Waals surface area contributed by atoms with E-state index in [0.29, 0.717) is 12.8 Å². The maximum Gasteiger partial charge on any atom is 0.113 e. The molecule has 11 heavy (non-hydrogen) atoms. The quantitative estimate of drug-likeness (QED) is 0.274. The average Bonchev–Trinajstić information content (AvgIpc) is 1.94. The Kier molecular flexibility index (Phi) is 2.46. The highest BCUT2D eigenvalue weighted by Gasteiger charge is 2.28.